The third-order valence-corrected chi connectivity index (χ3v) is 4.32. The largest absolute Gasteiger partial charge is 0.393 e. The van der Waals surface area contributed by atoms with Gasteiger partial charge in [0.05, 0.1) is 18.1 Å². The zero-order chi connectivity index (χ0) is 20.7. The normalized spacial score (nSPS) is 11.6. The molecule has 7 nitrogen and oxygen atoms in total. The molecule has 1 aromatic heterocycles. The molecule has 0 bridgehead atoms. The van der Waals surface area contributed by atoms with Crippen molar-refractivity contribution in [1.82, 2.24) is 9.88 Å². The molecule has 0 saturated heterocycles. The average molecular weight is 449 g/mol. The molecule has 0 fully saturated rings. The van der Waals surface area contributed by atoms with Crippen molar-refractivity contribution in [2.24, 2.45) is 0 Å². The summed E-state index contributed by atoms with van der Waals surface area (Å²) in [5.74, 6) is -1.48. The van der Waals surface area contributed by atoms with Gasteiger partial charge in [-0.2, -0.15) is 0 Å². The number of hydrogen-bond acceptors (Lipinski definition) is 6. The Morgan fingerprint density at radius 1 is 1.18 bits per heavy atom. The van der Waals surface area contributed by atoms with E-state index in [1.54, 1.807) is 43.6 Å². The fourth-order valence-corrected chi connectivity index (χ4v) is 3.01. The van der Waals surface area contributed by atoms with Gasteiger partial charge in [-0.3, -0.25) is 19.4 Å². The molecule has 148 valence electrons. The standard InChI is InChI=1S/C20H21BrN2O5/c1-13(24)28-19(26)8-15-5-3-14(4-6-15)7-18(25)12-23(2)20(27)16-9-17(21)11-22-10-16/h3-6,9-11,18,25H,7-8,12H2,1-2H3/t18-/m0/s1. The molecular formula is C20H21BrN2O5. The molecule has 28 heavy (non-hydrogen) atoms. The van der Waals surface area contributed by atoms with Crippen molar-refractivity contribution in [2.45, 2.75) is 25.9 Å². The quantitative estimate of drug-likeness (QED) is 0.514. The Balaban J connectivity index is 1.88. The number of esters is 2. The van der Waals surface area contributed by atoms with Gasteiger partial charge in [0.2, 0.25) is 0 Å². The summed E-state index contributed by atoms with van der Waals surface area (Å²) in [5, 5.41) is 10.3. The average Bonchev–Trinajstić information content (AvgIpc) is 2.62. The number of carbonyl (C=O) groups is 3. The Kier molecular flexibility index (Phi) is 7.83. The Morgan fingerprint density at radius 2 is 1.82 bits per heavy atom. The molecule has 1 aromatic carbocycles. The highest BCUT2D eigenvalue weighted by Crippen LogP contribution is 2.13. The minimum atomic E-state index is -0.748. The van der Waals surface area contributed by atoms with Gasteiger partial charge >= 0.3 is 11.9 Å². The summed E-state index contributed by atoms with van der Waals surface area (Å²) in [6, 6.07) is 8.74. The summed E-state index contributed by atoms with van der Waals surface area (Å²) in [4.78, 5) is 40.0. The number of likely N-dealkylation sites (N-methyl/N-ethyl adjacent to an activating group) is 1. The number of rotatable bonds is 7. The van der Waals surface area contributed by atoms with Crippen molar-refractivity contribution in [3.8, 4) is 0 Å². The molecule has 0 unspecified atom stereocenters. The summed E-state index contributed by atoms with van der Waals surface area (Å²) in [5.41, 5.74) is 2.01. The van der Waals surface area contributed by atoms with Gasteiger partial charge in [-0.25, -0.2) is 0 Å². The van der Waals surface area contributed by atoms with Gasteiger partial charge in [0.1, 0.15) is 0 Å². The Morgan fingerprint density at radius 3 is 2.43 bits per heavy atom. The molecule has 0 aliphatic heterocycles. The summed E-state index contributed by atoms with van der Waals surface area (Å²) in [6.07, 6.45) is 2.68. The number of benzene rings is 1. The van der Waals surface area contributed by atoms with Crippen molar-refractivity contribution in [3.05, 3.63) is 63.9 Å². The number of ether oxygens (including phenoxy) is 1. The van der Waals surface area contributed by atoms with Crippen molar-refractivity contribution in [3.63, 3.8) is 0 Å². The van der Waals surface area contributed by atoms with E-state index in [2.05, 4.69) is 25.7 Å². The van der Waals surface area contributed by atoms with Crippen molar-refractivity contribution >= 4 is 33.8 Å². The van der Waals surface area contributed by atoms with Crippen LogP contribution in [0, 0.1) is 0 Å². The molecule has 1 atom stereocenters. The number of carbonyl (C=O) groups excluding carboxylic acids is 3. The van der Waals surface area contributed by atoms with Gasteiger partial charge in [0.15, 0.2) is 0 Å². The number of halogens is 1. The minimum absolute atomic E-state index is 0.000321. The van der Waals surface area contributed by atoms with Crippen molar-refractivity contribution in [1.29, 1.82) is 0 Å². The van der Waals surface area contributed by atoms with Crippen LogP contribution in [0.5, 0.6) is 0 Å². The lowest BCUT2D eigenvalue weighted by molar-refractivity contribution is -0.157. The second-order valence-corrected chi connectivity index (χ2v) is 7.31. The Hall–Kier alpha value is -2.58. The highest BCUT2D eigenvalue weighted by atomic mass is 79.9. The van der Waals surface area contributed by atoms with Crippen LogP contribution in [0.25, 0.3) is 0 Å². The summed E-state index contributed by atoms with van der Waals surface area (Å²) in [6.45, 7) is 1.34. The predicted molar refractivity (Wildman–Crippen MR) is 106 cm³/mol. The third kappa shape index (κ3) is 6.86. The number of aliphatic hydroxyl groups is 1. The number of hydrogen-bond donors (Lipinski definition) is 1. The van der Waals surface area contributed by atoms with Crippen LogP contribution in [-0.2, 0) is 27.2 Å². The van der Waals surface area contributed by atoms with E-state index in [0.29, 0.717) is 22.0 Å². The first-order valence-electron chi connectivity index (χ1n) is 8.57. The first kappa shape index (κ1) is 21.7. The molecular weight excluding hydrogens is 428 g/mol. The topological polar surface area (TPSA) is 96.8 Å². The van der Waals surface area contributed by atoms with Gasteiger partial charge in [-0.15, -0.1) is 0 Å². The van der Waals surface area contributed by atoms with Gasteiger partial charge in [-0.05, 0) is 33.1 Å². The lowest BCUT2D eigenvalue weighted by atomic mass is 10.0. The Bertz CT molecular complexity index is 854. The Labute approximate surface area is 171 Å². The highest BCUT2D eigenvalue weighted by molar-refractivity contribution is 9.10. The van der Waals surface area contributed by atoms with E-state index in [-0.39, 0.29) is 18.9 Å². The molecule has 0 saturated carbocycles. The lowest BCUT2D eigenvalue weighted by Crippen LogP contribution is -2.35. The maximum absolute atomic E-state index is 12.4. The number of aliphatic hydroxyl groups excluding tert-OH is 1. The second-order valence-electron chi connectivity index (χ2n) is 6.39. The van der Waals surface area contributed by atoms with Crippen LogP contribution in [0.2, 0.25) is 0 Å². The van der Waals surface area contributed by atoms with Gasteiger partial charge in [0.25, 0.3) is 5.91 Å². The van der Waals surface area contributed by atoms with E-state index in [1.807, 2.05) is 0 Å². The molecule has 0 aliphatic rings. The fraction of sp³-hybridized carbons (Fsp3) is 0.300. The molecule has 1 amide bonds. The van der Waals surface area contributed by atoms with Crippen molar-refractivity contribution < 1.29 is 24.2 Å². The van der Waals surface area contributed by atoms with E-state index in [4.69, 9.17) is 0 Å². The molecule has 1 heterocycles. The lowest BCUT2D eigenvalue weighted by Gasteiger charge is -2.21. The van der Waals surface area contributed by atoms with E-state index < -0.39 is 18.0 Å². The smallest absolute Gasteiger partial charge is 0.317 e. The summed E-state index contributed by atoms with van der Waals surface area (Å²) < 4.78 is 5.20. The molecule has 8 heteroatoms. The van der Waals surface area contributed by atoms with Gasteiger partial charge in [-0.1, -0.05) is 24.3 Å². The van der Waals surface area contributed by atoms with Crippen molar-refractivity contribution in [2.75, 3.05) is 13.6 Å². The van der Waals surface area contributed by atoms with Crippen LogP contribution in [0.1, 0.15) is 28.4 Å². The van der Waals surface area contributed by atoms with Crippen LogP contribution in [-0.4, -0.2) is 52.5 Å². The molecule has 0 spiro atoms. The van der Waals surface area contributed by atoms with Gasteiger partial charge in [0, 0.05) is 43.8 Å². The SMILES string of the molecule is CC(=O)OC(=O)Cc1ccc(C[C@H](O)CN(C)C(=O)c2cncc(Br)c2)cc1. The number of pyridine rings is 1. The molecule has 2 aromatic rings. The monoisotopic (exact) mass is 448 g/mol. The van der Waals surface area contributed by atoms with Crippen LogP contribution < -0.4 is 0 Å². The molecule has 1 N–H and O–H groups in total. The summed E-state index contributed by atoms with van der Waals surface area (Å²) in [7, 11) is 1.62. The fourth-order valence-electron chi connectivity index (χ4n) is 2.64. The van der Waals surface area contributed by atoms with E-state index in [0.717, 1.165) is 5.56 Å². The van der Waals surface area contributed by atoms with Gasteiger partial charge < -0.3 is 14.7 Å². The molecule has 0 aliphatic carbocycles. The zero-order valence-corrected chi connectivity index (χ0v) is 17.2. The van der Waals surface area contributed by atoms with Crippen LogP contribution in [0.3, 0.4) is 0 Å². The number of aromatic nitrogens is 1. The predicted octanol–water partition coefficient (Wildman–Crippen LogP) is 2.15. The molecule has 0 radical (unpaired) electrons. The summed E-state index contributed by atoms with van der Waals surface area (Å²) >= 11 is 3.28. The highest BCUT2D eigenvalue weighted by Gasteiger charge is 2.16. The third-order valence-electron chi connectivity index (χ3n) is 3.88. The first-order chi connectivity index (χ1) is 13.2. The van der Waals surface area contributed by atoms with E-state index in [1.165, 1.54) is 18.0 Å². The first-order valence-corrected chi connectivity index (χ1v) is 9.37. The van der Waals surface area contributed by atoms with E-state index >= 15 is 0 Å². The minimum Gasteiger partial charge on any atom is -0.393 e. The maximum Gasteiger partial charge on any atom is 0.317 e. The number of nitrogens with zero attached hydrogens (tertiary/aromatic N) is 2. The number of amides is 1. The van der Waals surface area contributed by atoms with Crippen LogP contribution in [0.4, 0.5) is 0 Å². The van der Waals surface area contributed by atoms with Crippen LogP contribution in [0.15, 0.2) is 47.2 Å². The maximum atomic E-state index is 12.4. The van der Waals surface area contributed by atoms with E-state index in [9.17, 15) is 19.5 Å². The molecule has 2 rings (SSSR count). The van der Waals surface area contributed by atoms with Crippen LogP contribution >= 0.6 is 15.9 Å². The zero-order valence-electron chi connectivity index (χ0n) is 15.6. The second kappa shape index (κ2) is 10.1.